The highest BCUT2D eigenvalue weighted by Gasteiger charge is 2.43. The average molecular weight is 482 g/mol. The van der Waals surface area contributed by atoms with Gasteiger partial charge in [-0.3, -0.25) is 9.59 Å². The highest BCUT2D eigenvalue weighted by molar-refractivity contribution is 6.01. The minimum Gasteiger partial charge on any atom is -0.383 e. The molecular formula is C28H36FN3O3. The monoisotopic (exact) mass is 481 g/mol. The molecule has 0 aromatic heterocycles. The zero-order chi connectivity index (χ0) is 24.8. The Morgan fingerprint density at radius 1 is 1.09 bits per heavy atom. The molecule has 0 saturated carbocycles. The van der Waals surface area contributed by atoms with E-state index in [1.807, 2.05) is 18.2 Å². The van der Waals surface area contributed by atoms with Crippen molar-refractivity contribution in [3.8, 4) is 0 Å². The Morgan fingerprint density at radius 3 is 2.51 bits per heavy atom. The highest BCUT2D eigenvalue weighted by atomic mass is 19.1. The van der Waals surface area contributed by atoms with Crippen LogP contribution in [0.25, 0.3) is 0 Å². The van der Waals surface area contributed by atoms with Crippen LogP contribution in [0.1, 0.15) is 59.6 Å². The summed E-state index contributed by atoms with van der Waals surface area (Å²) >= 11 is 0. The Labute approximate surface area is 207 Å². The van der Waals surface area contributed by atoms with Crippen molar-refractivity contribution in [2.45, 2.75) is 38.1 Å². The van der Waals surface area contributed by atoms with Gasteiger partial charge >= 0.3 is 0 Å². The first-order chi connectivity index (χ1) is 17.0. The number of carbonyl (C=O) groups is 2. The van der Waals surface area contributed by atoms with Crippen LogP contribution in [0.3, 0.4) is 0 Å². The normalized spacial score (nSPS) is 21.1. The molecular weight excluding hydrogens is 445 g/mol. The van der Waals surface area contributed by atoms with Crippen molar-refractivity contribution in [1.29, 1.82) is 0 Å². The van der Waals surface area contributed by atoms with Crippen LogP contribution in [-0.2, 0) is 9.53 Å². The fourth-order valence-electron chi connectivity index (χ4n) is 5.25. The molecule has 0 aliphatic carbocycles. The fraction of sp³-hybridized carbons (Fsp3) is 0.500. The Morgan fingerprint density at radius 2 is 1.80 bits per heavy atom. The molecule has 35 heavy (non-hydrogen) atoms. The van der Waals surface area contributed by atoms with Crippen LogP contribution in [0, 0.1) is 11.7 Å². The lowest BCUT2D eigenvalue weighted by molar-refractivity contribution is -0.124. The second kappa shape index (κ2) is 11.8. The molecule has 188 valence electrons. The molecule has 6 nitrogen and oxygen atoms in total. The van der Waals surface area contributed by atoms with E-state index in [2.05, 4.69) is 17.1 Å². The van der Waals surface area contributed by atoms with E-state index < -0.39 is 12.0 Å². The number of likely N-dealkylation sites (tertiary alicyclic amines) is 1. The van der Waals surface area contributed by atoms with Crippen LogP contribution in [-0.4, -0.2) is 68.1 Å². The SMILES string of the molecule is COCCN1C(=O)c2ccccc2[C@@H](C(=O)NCCCN2CCC(C)CC2)[C@H]1c1ccc(F)cc1. The number of piperidine rings is 1. The first kappa shape index (κ1) is 25.3. The largest absolute Gasteiger partial charge is 0.383 e. The third-order valence-corrected chi connectivity index (χ3v) is 7.30. The second-order valence-electron chi connectivity index (χ2n) is 9.72. The number of rotatable bonds is 9. The van der Waals surface area contributed by atoms with E-state index in [4.69, 9.17) is 4.74 Å². The Kier molecular flexibility index (Phi) is 8.52. The van der Waals surface area contributed by atoms with Crippen molar-refractivity contribution >= 4 is 11.8 Å². The molecule has 2 heterocycles. The summed E-state index contributed by atoms with van der Waals surface area (Å²) in [6, 6.07) is 12.8. The van der Waals surface area contributed by atoms with Gasteiger partial charge in [0.15, 0.2) is 0 Å². The number of hydrogen-bond acceptors (Lipinski definition) is 4. The summed E-state index contributed by atoms with van der Waals surface area (Å²) in [4.78, 5) is 31.3. The maximum atomic E-state index is 13.7. The predicted octanol–water partition coefficient (Wildman–Crippen LogP) is 3.99. The standard InChI is InChI=1S/C28H36FN3O3/c1-20-12-16-31(17-13-20)15-5-14-30-27(33)25-23-6-3-4-7-24(23)28(34)32(18-19-35-2)26(25)21-8-10-22(29)11-9-21/h3-4,6-11,20,25-26H,5,12-19H2,1-2H3,(H,30,33)/t25-,26-/m1/s1. The summed E-state index contributed by atoms with van der Waals surface area (Å²) in [5.41, 5.74) is 1.97. The molecule has 2 atom stereocenters. The maximum Gasteiger partial charge on any atom is 0.254 e. The lowest BCUT2D eigenvalue weighted by atomic mass is 9.79. The molecule has 7 heteroatoms. The second-order valence-corrected chi connectivity index (χ2v) is 9.72. The van der Waals surface area contributed by atoms with E-state index in [1.54, 1.807) is 30.2 Å². The molecule has 0 radical (unpaired) electrons. The minimum atomic E-state index is -0.595. The Balaban J connectivity index is 1.55. The van der Waals surface area contributed by atoms with Crippen LogP contribution < -0.4 is 5.32 Å². The van der Waals surface area contributed by atoms with E-state index >= 15 is 0 Å². The minimum absolute atomic E-state index is 0.117. The lowest BCUT2D eigenvalue weighted by Crippen LogP contribution is -2.48. The topological polar surface area (TPSA) is 61.9 Å². The van der Waals surface area contributed by atoms with Crippen LogP contribution in [0.4, 0.5) is 4.39 Å². The molecule has 0 unspecified atom stereocenters. The van der Waals surface area contributed by atoms with Crippen molar-refractivity contribution in [2.75, 3.05) is 46.4 Å². The molecule has 2 aliphatic heterocycles. The van der Waals surface area contributed by atoms with Gasteiger partial charge in [-0.05, 0) is 74.1 Å². The van der Waals surface area contributed by atoms with Gasteiger partial charge in [0.25, 0.3) is 5.91 Å². The molecule has 4 rings (SSSR count). The van der Waals surface area contributed by atoms with Gasteiger partial charge in [-0.25, -0.2) is 4.39 Å². The van der Waals surface area contributed by atoms with Crippen molar-refractivity contribution in [1.82, 2.24) is 15.1 Å². The number of methoxy groups -OCH3 is 1. The molecule has 2 amide bonds. The summed E-state index contributed by atoms with van der Waals surface area (Å²) in [5.74, 6) is -0.413. The van der Waals surface area contributed by atoms with Crippen LogP contribution in [0.2, 0.25) is 0 Å². The number of carbonyl (C=O) groups excluding carboxylic acids is 2. The van der Waals surface area contributed by atoms with E-state index in [9.17, 15) is 14.0 Å². The van der Waals surface area contributed by atoms with Gasteiger partial charge in [-0.15, -0.1) is 0 Å². The number of fused-ring (bicyclic) bond motifs is 1. The smallest absolute Gasteiger partial charge is 0.254 e. The third-order valence-electron chi connectivity index (χ3n) is 7.30. The molecule has 2 aromatic carbocycles. The van der Waals surface area contributed by atoms with Gasteiger partial charge in [-0.2, -0.15) is 0 Å². The number of amides is 2. The number of halogens is 1. The summed E-state index contributed by atoms with van der Waals surface area (Å²) in [6.45, 7) is 6.76. The summed E-state index contributed by atoms with van der Waals surface area (Å²) in [5, 5.41) is 3.14. The molecule has 2 aromatic rings. The van der Waals surface area contributed by atoms with Crippen molar-refractivity contribution in [3.05, 3.63) is 71.0 Å². The summed E-state index contributed by atoms with van der Waals surface area (Å²) in [7, 11) is 1.59. The fourth-order valence-corrected chi connectivity index (χ4v) is 5.25. The van der Waals surface area contributed by atoms with Crippen LogP contribution >= 0.6 is 0 Å². The highest BCUT2D eigenvalue weighted by Crippen LogP contribution is 2.42. The van der Waals surface area contributed by atoms with Crippen LogP contribution in [0.15, 0.2) is 48.5 Å². The Hall–Kier alpha value is -2.77. The predicted molar refractivity (Wildman–Crippen MR) is 134 cm³/mol. The van der Waals surface area contributed by atoms with Crippen LogP contribution in [0.5, 0.6) is 0 Å². The quantitative estimate of drug-likeness (QED) is 0.550. The number of ether oxygens (including phenoxy) is 1. The number of benzene rings is 2. The zero-order valence-corrected chi connectivity index (χ0v) is 20.7. The number of nitrogens with one attached hydrogen (secondary N) is 1. The van der Waals surface area contributed by atoms with Gasteiger partial charge in [0.2, 0.25) is 5.91 Å². The molecule has 0 spiro atoms. The zero-order valence-electron chi connectivity index (χ0n) is 20.7. The lowest BCUT2D eigenvalue weighted by Gasteiger charge is -2.41. The molecule has 1 saturated heterocycles. The molecule has 1 N–H and O–H groups in total. The van der Waals surface area contributed by atoms with E-state index in [0.29, 0.717) is 30.8 Å². The maximum absolute atomic E-state index is 13.7. The van der Waals surface area contributed by atoms with Gasteiger partial charge in [0, 0.05) is 25.8 Å². The van der Waals surface area contributed by atoms with E-state index in [1.165, 1.54) is 25.0 Å². The summed E-state index contributed by atoms with van der Waals surface area (Å²) in [6.07, 6.45) is 3.34. The summed E-state index contributed by atoms with van der Waals surface area (Å²) < 4.78 is 19.0. The molecule has 0 bridgehead atoms. The van der Waals surface area contributed by atoms with Gasteiger partial charge in [0.1, 0.15) is 5.82 Å². The van der Waals surface area contributed by atoms with Crippen molar-refractivity contribution in [3.63, 3.8) is 0 Å². The van der Waals surface area contributed by atoms with Gasteiger partial charge in [0.05, 0.1) is 18.6 Å². The van der Waals surface area contributed by atoms with Gasteiger partial charge in [-0.1, -0.05) is 37.3 Å². The number of nitrogens with zero attached hydrogens (tertiary/aromatic N) is 2. The first-order valence-corrected chi connectivity index (χ1v) is 12.6. The molecule has 1 fully saturated rings. The van der Waals surface area contributed by atoms with Crippen molar-refractivity contribution in [2.24, 2.45) is 5.92 Å². The average Bonchev–Trinajstić information content (AvgIpc) is 2.87. The number of hydrogen-bond donors (Lipinski definition) is 1. The first-order valence-electron chi connectivity index (χ1n) is 12.6. The third kappa shape index (κ3) is 5.90. The Bertz CT molecular complexity index is 1000. The van der Waals surface area contributed by atoms with E-state index in [-0.39, 0.29) is 17.6 Å². The van der Waals surface area contributed by atoms with Gasteiger partial charge < -0.3 is 19.9 Å². The molecule has 2 aliphatic rings. The van der Waals surface area contributed by atoms with Crippen molar-refractivity contribution < 1.29 is 18.7 Å². The van der Waals surface area contributed by atoms with E-state index in [0.717, 1.165) is 37.5 Å².